The Hall–Kier alpha value is -5.10. The molecule has 5 atom stereocenters. The zero-order valence-corrected chi connectivity index (χ0v) is 35.9. The van der Waals surface area contributed by atoms with Gasteiger partial charge in [-0.2, -0.15) is 0 Å². The van der Waals surface area contributed by atoms with E-state index >= 15 is 0 Å². The monoisotopic (exact) mass is 849 g/mol. The summed E-state index contributed by atoms with van der Waals surface area (Å²) < 4.78 is 0. The maximum Gasteiger partial charge on any atom is 0.451 e. The molecule has 17 heteroatoms. The average molecular weight is 850 g/mol. The van der Waals surface area contributed by atoms with Gasteiger partial charge in [-0.25, -0.2) is 0 Å². The molecule has 9 N–H and O–H groups in total. The molecular formula is C44H64BN5O11. The zero-order valence-electron chi connectivity index (χ0n) is 35.9. The molecule has 0 aliphatic rings. The van der Waals surface area contributed by atoms with E-state index in [4.69, 9.17) is 21.5 Å². The van der Waals surface area contributed by atoms with E-state index in [0.29, 0.717) is 24.9 Å². The van der Waals surface area contributed by atoms with Crippen molar-refractivity contribution in [2.75, 3.05) is 20.2 Å². The van der Waals surface area contributed by atoms with Crippen molar-refractivity contribution in [1.82, 2.24) is 15.5 Å². The first-order chi connectivity index (χ1) is 28.9. The van der Waals surface area contributed by atoms with Crippen LogP contribution in [0, 0.1) is 11.8 Å². The van der Waals surface area contributed by atoms with Gasteiger partial charge in [-0.15, -0.1) is 0 Å². The summed E-state index contributed by atoms with van der Waals surface area (Å²) in [6, 6.07) is 11.9. The molecule has 2 aromatic rings. The average Bonchev–Trinajstić information content (AvgIpc) is 3.23. The predicted octanol–water partition coefficient (Wildman–Crippen LogP) is 2.08. The molecule has 2 rings (SSSR count). The molecule has 0 saturated heterocycles. The van der Waals surface area contributed by atoms with Crippen LogP contribution in [0.4, 0.5) is 0 Å². The number of aryl methyl sites for hydroxylation is 1. The zero-order chi connectivity index (χ0) is 45.6. The van der Waals surface area contributed by atoms with Crippen LogP contribution in [-0.4, -0.2) is 112 Å². The van der Waals surface area contributed by atoms with Crippen LogP contribution in [0.3, 0.4) is 0 Å². The van der Waals surface area contributed by atoms with Crippen molar-refractivity contribution in [2.45, 2.75) is 122 Å². The summed E-state index contributed by atoms with van der Waals surface area (Å²) in [5.41, 5.74) is 14.4. The fourth-order valence-corrected chi connectivity index (χ4v) is 6.67. The molecule has 16 nitrogen and oxygen atoms in total. The maximum absolute atomic E-state index is 13.6. The number of hydrogen-bond donors (Lipinski definition) is 7. The number of primary amides is 1. The first kappa shape index (κ1) is 52.0. The number of hydrogen-bond acceptors (Lipinski definition) is 12. The number of nitrogens with zero attached hydrogens (tertiary/aromatic N) is 1. The van der Waals surface area contributed by atoms with Crippen molar-refractivity contribution in [2.24, 2.45) is 23.3 Å². The van der Waals surface area contributed by atoms with Crippen LogP contribution in [0.2, 0.25) is 6.32 Å². The molecule has 0 saturated carbocycles. The number of benzene rings is 2. The van der Waals surface area contributed by atoms with Gasteiger partial charge in [0.05, 0.1) is 37.1 Å². The summed E-state index contributed by atoms with van der Waals surface area (Å²) in [6.07, 6.45) is 2.10. The molecule has 0 radical (unpaired) electrons. The number of unbranched alkanes of at least 4 members (excludes halogenated alkanes) is 2. The van der Waals surface area contributed by atoms with Crippen molar-refractivity contribution in [3.63, 3.8) is 0 Å². The topological polar surface area (TPSA) is 277 Å². The highest BCUT2D eigenvalue weighted by molar-refractivity contribution is 6.41. The Morgan fingerprint density at radius 2 is 1.38 bits per heavy atom. The normalized spacial score (nSPS) is 13.5. The molecule has 4 amide bonds. The van der Waals surface area contributed by atoms with E-state index in [2.05, 4.69) is 29.7 Å². The highest BCUT2D eigenvalue weighted by atomic mass is 16.4. The smallest absolute Gasteiger partial charge is 0.427 e. The Labute approximate surface area is 358 Å². The summed E-state index contributed by atoms with van der Waals surface area (Å²) >= 11 is 0. The molecule has 0 aromatic heterocycles. The number of Topliss-reactive ketones (excluding diaryl/α,β-unsaturated/α-hetero) is 4. The molecular weight excluding hydrogens is 785 g/mol. The van der Waals surface area contributed by atoms with E-state index in [1.165, 1.54) is 31.4 Å². The second kappa shape index (κ2) is 27.0. The third-order valence-corrected chi connectivity index (χ3v) is 10.6. The van der Waals surface area contributed by atoms with E-state index in [1.54, 1.807) is 12.1 Å². The first-order valence-electron chi connectivity index (χ1n) is 21.0. The number of amides is 4. The van der Waals surface area contributed by atoms with Gasteiger partial charge in [0.2, 0.25) is 23.6 Å². The van der Waals surface area contributed by atoms with Gasteiger partial charge < -0.3 is 42.2 Å². The van der Waals surface area contributed by atoms with Gasteiger partial charge in [-0.1, -0.05) is 68.8 Å². The standard InChI is InChI=1S/C44H64BN5O11/c1-5-6-9-30-11-13-31(14-12-30)32-15-17-33(18-16-32)39(54)25-34(27-51)44(59)48-29(3)37(52)19-20-42(57)50(4)36(10-7-8-23-46)40(55)24-28(2)43(58)49-35(26-41(47)56)38(53)21-22-45(60)61/h11-18,28-29,34-36,51,60-61H,5-10,19-27,46H2,1-4H3,(H2,47,56)(H,48,59)(H,49,58)/t28-,29-,34-,35+,36+/m1/s1. The Kier molecular flexibility index (Phi) is 23.0. The number of carbonyl (C=O) groups is 8. The Morgan fingerprint density at radius 3 is 1.93 bits per heavy atom. The number of likely N-dealkylation sites (N-methyl/N-ethyl adjacent to an activating group) is 1. The molecule has 2 aromatic carbocycles. The quantitative estimate of drug-likeness (QED) is 0.0338. The van der Waals surface area contributed by atoms with Crippen molar-refractivity contribution in [3.05, 3.63) is 59.7 Å². The number of carbonyl (C=O) groups excluding carboxylic acids is 8. The maximum atomic E-state index is 13.6. The minimum atomic E-state index is -1.77. The summed E-state index contributed by atoms with van der Waals surface area (Å²) in [5.74, 6) is -6.90. The lowest BCUT2D eigenvalue weighted by Gasteiger charge is -2.28. The Balaban J connectivity index is 1.98. The Bertz CT molecular complexity index is 1790. The first-order valence-corrected chi connectivity index (χ1v) is 21.0. The summed E-state index contributed by atoms with van der Waals surface area (Å²) in [7, 11) is -0.357. The highest BCUT2D eigenvalue weighted by Crippen LogP contribution is 2.23. The third-order valence-electron chi connectivity index (χ3n) is 10.6. The number of aliphatic hydroxyl groups is 1. The minimum absolute atomic E-state index is 0.220. The Morgan fingerprint density at radius 1 is 0.754 bits per heavy atom. The van der Waals surface area contributed by atoms with Gasteiger partial charge in [-0.3, -0.25) is 38.4 Å². The molecule has 0 aliphatic heterocycles. The number of aliphatic hydroxyl groups excluding tert-OH is 1. The third kappa shape index (κ3) is 18.2. The molecule has 0 unspecified atom stereocenters. The lowest BCUT2D eigenvalue weighted by molar-refractivity contribution is -0.140. The molecule has 0 spiro atoms. The van der Waals surface area contributed by atoms with E-state index in [1.807, 2.05) is 24.3 Å². The van der Waals surface area contributed by atoms with Crippen molar-refractivity contribution in [3.8, 4) is 11.1 Å². The molecule has 0 aliphatic carbocycles. The van der Waals surface area contributed by atoms with Gasteiger partial charge in [0.15, 0.2) is 23.1 Å². The minimum Gasteiger partial charge on any atom is -0.427 e. The van der Waals surface area contributed by atoms with Crippen LogP contribution in [0.1, 0.15) is 107 Å². The van der Waals surface area contributed by atoms with E-state index in [-0.39, 0.29) is 50.6 Å². The SMILES string of the molecule is CCCCc1ccc(-c2ccc(C(=O)C[C@H](CO)C(=O)N[C@H](C)C(=O)CCC(=O)N(C)[C@@H](CCCCN)C(=O)C[C@@H](C)C(=O)N[C@@H](CC(N)=O)C(=O)CCB(O)O)cc2)cc1. The lowest BCUT2D eigenvalue weighted by atomic mass is 9.82. The van der Waals surface area contributed by atoms with Crippen LogP contribution in [0.25, 0.3) is 11.1 Å². The van der Waals surface area contributed by atoms with E-state index in [0.717, 1.165) is 30.4 Å². The number of rotatable bonds is 30. The van der Waals surface area contributed by atoms with Gasteiger partial charge >= 0.3 is 7.12 Å². The van der Waals surface area contributed by atoms with Crippen LogP contribution in [-0.2, 0) is 40.0 Å². The fraction of sp³-hybridized carbons (Fsp3) is 0.545. The fourth-order valence-electron chi connectivity index (χ4n) is 6.67. The van der Waals surface area contributed by atoms with Crippen LogP contribution >= 0.6 is 0 Å². The molecule has 61 heavy (non-hydrogen) atoms. The van der Waals surface area contributed by atoms with Crippen molar-refractivity contribution in [1.29, 1.82) is 0 Å². The van der Waals surface area contributed by atoms with Gasteiger partial charge in [0, 0.05) is 50.6 Å². The molecule has 0 heterocycles. The predicted molar refractivity (Wildman–Crippen MR) is 230 cm³/mol. The van der Waals surface area contributed by atoms with Crippen LogP contribution in [0.15, 0.2) is 48.5 Å². The van der Waals surface area contributed by atoms with E-state index in [9.17, 15) is 43.5 Å². The number of nitrogens with one attached hydrogen (secondary N) is 2. The van der Waals surface area contributed by atoms with Crippen LogP contribution in [0.5, 0.6) is 0 Å². The second-order valence-corrected chi connectivity index (χ2v) is 15.7. The van der Waals surface area contributed by atoms with Crippen molar-refractivity contribution >= 4 is 53.9 Å². The summed E-state index contributed by atoms with van der Waals surface area (Å²) in [6.45, 7) is 4.73. The molecule has 334 valence electrons. The number of ketones is 4. The van der Waals surface area contributed by atoms with Gasteiger partial charge in [0.1, 0.15) is 0 Å². The van der Waals surface area contributed by atoms with E-state index < -0.39 is 91.1 Å². The molecule has 0 bridgehead atoms. The largest absolute Gasteiger partial charge is 0.451 e. The summed E-state index contributed by atoms with van der Waals surface area (Å²) in [4.78, 5) is 104. The summed E-state index contributed by atoms with van der Waals surface area (Å²) in [5, 5.41) is 33.1. The highest BCUT2D eigenvalue weighted by Gasteiger charge is 2.32. The van der Waals surface area contributed by atoms with Gasteiger partial charge in [-0.05, 0) is 68.6 Å². The van der Waals surface area contributed by atoms with Crippen molar-refractivity contribution < 1.29 is 53.5 Å². The van der Waals surface area contributed by atoms with Gasteiger partial charge in [0.25, 0.3) is 0 Å². The number of nitrogens with two attached hydrogens (primary N) is 2. The molecule has 0 fully saturated rings. The van der Waals surface area contributed by atoms with Crippen LogP contribution < -0.4 is 22.1 Å². The second-order valence-electron chi connectivity index (χ2n) is 15.7. The lowest BCUT2D eigenvalue weighted by Crippen LogP contribution is -2.47.